The number of hydrogen-bond donors (Lipinski definition) is 1. The number of sulfonamides is 1. The second kappa shape index (κ2) is 11.8. The molecule has 0 saturated carbocycles. The van der Waals surface area contributed by atoms with Crippen LogP contribution in [0.5, 0.6) is 0 Å². The number of carbonyl (C=O) groups is 1. The molecule has 0 bridgehead atoms. The van der Waals surface area contributed by atoms with Crippen molar-refractivity contribution < 1.29 is 13.2 Å². The van der Waals surface area contributed by atoms with Gasteiger partial charge in [0.05, 0.1) is 10.6 Å². The number of thioether (sulfide) groups is 1. The van der Waals surface area contributed by atoms with Crippen molar-refractivity contribution in [3.8, 4) is 11.3 Å². The Balaban J connectivity index is 1.30. The van der Waals surface area contributed by atoms with Crippen LogP contribution in [0.1, 0.15) is 37.9 Å². The number of nitrogens with zero attached hydrogens (tertiary/aromatic N) is 3. The van der Waals surface area contributed by atoms with Crippen molar-refractivity contribution in [1.29, 1.82) is 0 Å². The highest BCUT2D eigenvalue weighted by molar-refractivity contribution is 7.99. The molecule has 35 heavy (non-hydrogen) atoms. The molecule has 1 amide bonds. The van der Waals surface area contributed by atoms with Gasteiger partial charge in [-0.15, -0.1) is 11.8 Å². The Labute approximate surface area is 211 Å². The minimum absolute atomic E-state index is 0.130. The molecule has 2 heterocycles. The van der Waals surface area contributed by atoms with Crippen LogP contribution in [0.4, 0.5) is 5.69 Å². The van der Waals surface area contributed by atoms with Crippen molar-refractivity contribution >= 4 is 33.4 Å². The summed E-state index contributed by atoms with van der Waals surface area (Å²) in [5, 5.41) is 3.68. The minimum atomic E-state index is -3.50. The smallest absolute Gasteiger partial charge is 0.243 e. The highest BCUT2D eigenvalue weighted by Gasteiger charge is 2.25. The zero-order valence-corrected chi connectivity index (χ0v) is 21.4. The molecular formula is C26H30N4O3S2. The standard InChI is InChI=1S/C26H30N4O3S2/c1-20-27-24(21-9-5-4-6-10-21)19-26(28-20)34-18-15-25(31)29-22-11-13-23(14-12-22)35(32,33)30-16-7-2-3-8-17-30/h4-6,9-14,19H,2-3,7-8,15-18H2,1H3,(H,29,31). The number of hydrogen-bond acceptors (Lipinski definition) is 6. The van der Waals surface area contributed by atoms with Gasteiger partial charge >= 0.3 is 0 Å². The zero-order valence-electron chi connectivity index (χ0n) is 19.8. The van der Waals surface area contributed by atoms with Gasteiger partial charge in [-0.25, -0.2) is 18.4 Å². The Bertz CT molecular complexity index is 1240. The van der Waals surface area contributed by atoms with Gasteiger partial charge in [-0.3, -0.25) is 4.79 Å². The fraction of sp³-hybridized carbons (Fsp3) is 0.346. The predicted octanol–water partition coefficient (Wildman–Crippen LogP) is 5.14. The second-order valence-electron chi connectivity index (χ2n) is 8.49. The number of benzene rings is 2. The van der Waals surface area contributed by atoms with Gasteiger partial charge in [-0.1, -0.05) is 43.2 Å². The third-order valence-electron chi connectivity index (χ3n) is 5.80. The first kappa shape index (κ1) is 25.3. The minimum Gasteiger partial charge on any atom is -0.326 e. The van der Waals surface area contributed by atoms with E-state index in [2.05, 4.69) is 15.3 Å². The van der Waals surface area contributed by atoms with Gasteiger partial charge in [0, 0.05) is 36.5 Å². The number of amides is 1. The number of carbonyl (C=O) groups excluding carboxylic acids is 1. The van der Waals surface area contributed by atoms with Crippen LogP contribution in [-0.4, -0.2) is 47.4 Å². The maximum atomic E-state index is 12.9. The third-order valence-corrected chi connectivity index (χ3v) is 8.63. The van der Waals surface area contributed by atoms with Gasteiger partial charge in [0.1, 0.15) is 10.9 Å². The lowest BCUT2D eigenvalue weighted by Gasteiger charge is -2.20. The number of aryl methyl sites for hydroxylation is 1. The fourth-order valence-electron chi connectivity index (χ4n) is 3.98. The van der Waals surface area contributed by atoms with Gasteiger partial charge < -0.3 is 5.32 Å². The second-order valence-corrected chi connectivity index (χ2v) is 11.5. The summed E-state index contributed by atoms with van der Waals surface area (Å²) in [5.41, 5.74) is 2.47. The lowest BCUT2D eigenvalue weighted by atomic mass is 10.1. The molecule has 0 radical (unpaired) electrons. The number of aromatic nitrogens is 2. The molecule has 7 nitrogen and oxygen atoms in total. The van der Waals surface area contributed by atoms with Crippen LogP contribution in [0.2, 0.25) is 0 Å². The monoisotopic (exact) mass is 510 g/mol. The zero-order chi connectivity index (χ0) is 24.7. The number of nitrogens with one attached hydrogen (secondary N) is 1. The summed E-state index contributed by atoms with van der Waals surface area (Å²) in [5.74, 6) is 1.13. The van der Waals surface area contributed by atoms with Gasteiger partial charge in [-0.2, -0.15) is 4.31 Å². The molecule has 1 fully saturated rings. The van der Waals surface area contributed by atoms with Crippen molar-refractivity contribution in [2.45, 2.75) is 48.9 Å². The average molecular weight is 511 g/mol. The van der Waals surface area contributed by atoms with E-state index in [1.54, 1.807) is 28.6 Å². The maximum absolute atomic E-state index is 12.9. The summed E-state index contributed by atoms with van der Waals surface area (Å²) in [4.78, 5) is 21.7. The fourth-order valence-corrected chi connectivity index (χ4v) is 6.39. The number of rotatable bonds is 8. The molecule has 9 heteroatoms. The molecule has 1 aromatic heterocycles. The molecule has 0 atom stereocenters. The van der Waals surface area contributed by atoms with Crippen molar-refractivity contribution in [1.82, 2.24) is 14.3 Å². The molecule has 0 unspecified atom stereocenters. The van der Waals surface area contributed by atoms with E-state index in [0.717, 1.165) is 42.0 Å². The van der Waals surface area contributed by atoms with E-state index in [9.17, 15) is 13.2 Å². The lowest BCUT2D eigenvalue weighted by Crippen LogP contribution is -2.31. The van der Waals surface area contributed by atoms with Crippen LogP contribution in [0, 0.1) is 6.92 Å². The highest BCUT2D eigenvalue weighted by Crippen LogP contribution is 2.24. The quantitative estimate of drug-likeness (QED) is 0.333. The molecule has 2 aromatic carbocycles. The first-order valence-electron chi connectivity index (χ1n) is 11.9. The van der Waals surface area contributed by atoms with Crippen LogP contribution in [0.3, 0.4) is 0 Å². The first-order valence-corrected chi connectivity index (χ1v) is 14.3. The van der Waals surface area contributed by atoms with Gasteiger partial charge in [-0.05, 0) is 50.1 Å². The molecule has 1 aliphatic heterocycles. The van der Waals surface area contributed by atoms with E-state index in [1.165, 1.54) is 11.8 Å². The van der Waals surface area contributed by atoms with E-state index < -0.39 is 10.0 Å². The summed E-state index contributed by atoms with van der Waals surface area (Å²) >= 11 is 1.51. The van der Waals surface area contributed by atoms with Crippen LogP contribution in [-0.2, 0) is 14.8 Å². The summed E-state index contributed by atoms with van der Waals surface area (Å²) in [6.07, 6.45) is 4.24. The summed E-state index contributed by atoms with van der Waals surface area (Å²) in [6.45, 7) is 2.99. The summed E-state index contributed by atoms with van der Waals surface area (Å²) < 4.78 is 27.4. The van der Waals surface area contributed by atoms with E-state index >= 15 is 0 Å². The Hall–Kier alpha value is -2.75. The van der Waals surface area contributed by atoms with Gasteiger partial charge in [0.2, 0.25) is 15.9 Å². The van der Waals surface area contributed by atoms with Crippen LogP contribution < -0.4 is 5.32 Å². The SMILES string of the molecule is Cc1nc(SCCC(=O)Nc2ccc(S(=O)(=O)N3CCCCCC3)cc2)cc(-c2ccccc2)n1. The molecule has 3 aromatic rings. The molecular weight excluding hydrogens is 480 g/mol. The van der Waals surface area contributed by atoms with Gasteiger partial charge in [0.15, 0.2) is 0 Å². The molecule has 4 rings (SSSR count). The van der Waals surface area contributed by atoms with E-state index in [1.807, 2.05) is 43.3 Å². The van der Waals surface area contributed by atoms with E-state index in [0.29, 0.717) is 36.8 Å². The Morgan fingerprint density at radius 3 is 2.34 bits per heavy atom. The maximum Gasteiger partial charge on any atom is 0.243 e. The van der Waals surface area contributed by atoms with Crippen molar-refractivity contribution in [3.63, 3.8) is 0 Å². The number of anilines is 1. The normalized spacial score (nSPS) is 14.9. The van der Waals surface area contributed by atoms with Crippen molar-refractivity contribution in [2.75, 3.05) is 24.2 Å². The summed E-state index contributed by atoms with van der Waals surface area (Å²) in [7, 11) is -3.50. The first-order chi connectivity index (χ1) is 16.9. The highest BCUT2D eigenvalue weighted by atomic mass is 32.2. The summed E-state index contributed by atoms with van der Waals surface area (Å²) in [6, 6.07) is 18.3. The van der Waals surface area contributed by atoms with Gasteiger partial charge in [0.25, 0.3) is 0 Å². The molecule has 1 saturated heterocycles. The lowest BCUT2D eigenvalue weighted by molar-refractivity contribution is -0.115. The molecule has 1 N–H and O–H groups in total. The van der Waals surface area contributed by atoms with Crippen LogP contribution in [0.15, 0.2) is 70.6 Å². The molecule has 0 spiro atoms. The van der Waals surface area contributed by atoms with Crippen molar-refractivity contribution in [2.24, 2.45) is 0 Å². The molecule has 0 aliphatic carbocycles. The molecule has 1 aliphatic rings. The van der Waals surface area contributed by atoms with E-state index in [4.69, 9.17) is 0 Å². The van der Waals surface area contributed by atoms with Crippen LogP contribution in [0.25, 0.3) is 11.3 Å². The Kier molecular flexibility index (Phi) is 8.54. The third kappa shape index (κ3) is 6.90. The Morgan fingerprint density at radius 1 is 0.971 bits per heavy atom. The largest absolute Gasteiger partial charge is 0.326 e. The predicted molar refractivity (Wildman–Crippen MR) is 140 cm³/mol. The van der Waals surface area contributed by atoms with Crippen LogP contribution >= 0.6 is 11.8 Å². The van der Waals surface area contributed by atoms with Crippen molar-refractivity contribution in [3.05, 3.63) is 66.5 Å². The van der Waals surface area contributed by atoms with E-state index in [-0.39, 0.29) is 10.8 Å². The Morgan fingerprint density at radius 2 is 1.66 bits per heavy atom. The molecule has 184 valence electrons. The topological polar surface area (TPSA) is 92.3 Å². The average Bonchev–Trinajstić information content (AvgIpc) is 3.15.